The third-order valence-corrected chi connectivity index (χ3v) is 7.46. The maximum Gasteiger partial charge on any atom is 0.228 e. The molecular weight excluding hydrogens is 440 g/mol. The molecule has 1 heterocycles. The van der Waals surface area contributed by atoms with Crippen LogP contribution in [0.4, 0.5) is 0 Å². The third kappa shape index (κ3) is 5.55. The molecule has 0 bridgehead atoms. The van der Waals surface area contributed by atoms with Gasteiger partial charge in [0.15, 0.2) is 5.11 Å². The van der Waals surface area contributed by atoms with E-state index in [1.165, 1.54) is 0 Å². The summed E-state index contributed by atoms with van der Waals surface area (Å²) in [5.41, 5.74) is 2.58. The highest BCUT2D eigenvalue weighted by molar-refractivity contribution is 7.90. The Labute approximate surface area is 195 Å². The van der Waals surface area contributed by atoms with E-state index in [0.29, 0.717) is 24.2 Å². The number of nitrogens with zero attached hydrogens (tertiary/aromatic N) is 3. The van der Waals surface area contributed by atoms with Gasteiger partial charge in [-0.2, -0.15) is 0 Å². The van der Waals surface area contributed by atoms with E-state index in [2.05, 4.69) is 15.2 Å². The number of rotatable bonds is 9. The molecule has 4 rings (SSSR count). The predicted octanol–water partition coefficient (Wildman–Crippen LogP) is 3.76. The Balaban J connectivity index is 1.65. The fourth-order valence-electron chi connectivity index (χ4n) is 3.58. The van der Waals surface area contributed by atoms with Crippen molar-refractivity contribution in [3.63, 3.8) is 0 Å². The number of aromatic nitrogens is 2. The van der Waals surface area contributed by atoms with Crippen molar-refractivity contribution >= 4 is 27.2 Å². The minimum Gasteiger partial charge on any atom is -0.360 e. The minimum atomic E-state index is -3.63. The summed E-state index contributed by atoms with van der Waals surface area (Å²) in [5, 5.41) is 4.17. The highest BCUT2D eigenvalue weighted by atomic mass is 32.2. The van der Waals surface area contributed by atoms with Crippen molar-refractivity contribution in [3.8, 4) is 0 Å². The number of benzene rings is 2. The molecule has 0 aliphatic heterocycles. The molecule has 2 aromatic carbocycles. The Morgan fingerprint density at radius 1 is 1.09 bits per heavy atom. The van der Waals surface area contributed by atoms with Crippen LogP contribution in [0.5, 0.6) is 0 Å². The van der Waals surface area contributed by atoms with Crippen molar-refractivity contribution in [2.24, 2.45) is 0 Å². The molecule has 1 aromatic heterocycles. The lowest BCUT2D eigenvalue weighted by Gasteiger charge is -2.25. The Bertz CT molecular complexity index is 1160. The number of hydrogen-bond acceptors (Lipinski definition) is 4. The predicted molar refractivity (Wildman–Crippen MR) is 130 cm³/mol. The topological polar surface area (TPSA) is 67.2 Å². The number of thiocarbonyl (C=S) groups is 1. The maximum atomic E-state index is 13.3. The Hall–Kier alpha value is -2.71. The molecule has 3 aromatic rings. The van der Waals surface area contributed by atoms with E-state index in [1.807, 2.05) is 72.2 Å². The molecule has 8 heteroatoms. The first-order chi connectivity index (χ1) is 15.5. The molecule has 0 amide bonds. The van der Waals surface area contributed by atoms with Crippen LogP contribution in [0.25, 0.3) is 0 Å². The smallest absolute Gasteiger partial charge is 0.228 e. The zero-order chi connectivity index (χ0) is 22.6. The summed E-state index contributed by atoms with van der Waals surface area (Å²) >= 11 is 5.60. The first-order valence-corrected chi connectivity index (χ1v) is 12.9. The first-order valence-electron chi connectivity index (χ1n) is 10.9. The van der Waals surface area contributed by atoms with Crippen LogP contribution in [-0.4, -0.2) is 40.6 Å². The van der Waals surface area contributed by atoms with Crippen LogP contribution in [0.15, 0.2) is 72.0 Å². The minimum absolute atomic E-state index is 0.0851. The average molecular weight is 469 g/mol. The molecule has 0 radical (unpaired) electrons. The molecule has 1 saturated carbocycles. The van der Waals surface area contributed by atoms with Gasteiger partial charge in [0.1, 0.15) is 0 Å². The van der Waals surface area contributed by atoms with Crippen LogP contribution in [0.2, 0.25) is 0 Å². The van der Waals surface area contributed by atoms with Crippen LogP contribution >= 0.6 is 12.2 Å². The van der Waals surface area contributed by atoms with E-state index in [0.717, 1.165) is 36.2 Å². The van der Waals surface area contributed by atoms with Crippen LogP contribution < -0.4 is 5.32 Å². The molecule has 0 saturated heterocycles. The average Bonchev–Trinajstić information content (AvgIpc) is 3.51. The van der Waals surface area contributed by atoms with Gasteiger partial charge in [0, 0.05) is 12.6 Å². The monoisotopic (exact) mass is 468 g/mol. The van der Waals surface area contributed by atoms with E-state index < -0.39 is 9.84 Å². The Morgan fingerprint density at radius 3 is 2.31 bits per heavy atom. The fraction of sp³-hybridized carbons (Fsp3) is 0.333. The van der Waals surface area contributed by atoms with E-state index >= 15 is 0 Å². The summed E-state index contributed by atoms with van der Waals surface area (Å²) in [7, 11) is -3.63. The first kappa shape index (κ1) is 22.5. The summed E-state index contributed by atoms with van der Waals surface area (Å²) in [6, 6.07) is 19.5. The number of sulfone groups is 1. The number of hydrogen-bond donors (Lipinski definition) is 1. The Morgan fingerprint density at radius 2 is 1.72 bits per heavy atom. The maximum absolute atomic E-state index is 13.3. The molecular formula is C24H28N4O2S2. The normalized spacial score (nSPS) is 13.7. The van der Waals surface area contributed by atoms with Crippen LogP contribution in [0.3, 0.4) is 0 Å². The molecule has 0 spiro atoms. The van der Waals surface area contributed by atoms with E-state index in [4.69, 9.17) is 12.2 Å². The van der Waals surface area contributed by atoms with Gasteiger partial charge in [-0.15, -0.1) is 0 Å². The lowest BCUT2D eigenvalue weighted by molar-refractivity contribution is 0.409. The second kappa shape index (κ2) is 9.83. The molecule has 1 aliphatic carbocycles. The van der Waals surface area contributed by atoms with Crippen molar-refractivity contribution in [2.75, 3.05) is 6.54 Å². The van der Waals surface area contributed by atoms with E-state index in [-0.39, 0.29) is 10.9 Å². The van der Waals surface area contributed by atoms with Crippen molar-refractivity contribution in [1.29, 1.82) is 0 Å². The molecule has 0 unspecified atom stereocenters. The van der Waals surface area contributed by atoms with Crippen LogP contribution in [-0.2, 0) is 28.7 Å². The zero-order valence-corrected chi connectivity index (χ0v) is 19.8. The lowest BCUT2D eigenvalue weighted by Crippen LogP contribution is -2.40. The summed E-state index contributed by atoms with van der Waals surface area (Å²) in [6.45, 7) is 3.70. The van der Waals surface area contributed by atoms with Gasteiger partial charge < -0.3 is 14.8 Å². The van der Waals surface area contributed by atoms with Crippen LogP contribution in [0, 0.1) is 0 Å². The molecule has 1 fully saturated rings. The van der Waals surface area contributed by atoms with Gasteiger partial charge in [-0.05, 0) is 43.1 Å². The van der Waals surface area contributed by atoms with Gasteiger partial charge in [-0.25, -0.2) is 13.4 Å². The largest absolute Gasteiger partial charge is 0.360 e. The van der Waals surface area contributed by atoms with Gasteiger partial charge in [-0.1, -0.05) is 60.7 Å². The molecule has 168 valence electrons. The van der Waals surface area contributed by atoms with Crippen LogP contribution in [0.1, 0.15) is 36.6 Å². The SMILES string of the molecule is CCN(Cc1cnc(S(=O)(=O)Cc2ccccc2)n1Cc1ccccc1)C(=S)NC1CC1. The molecule has 1 N–H and O–H groups in total. The Kier molecular flexibility index (Phi) is 6.91. The second-order valence-electron chi connectivity index (χ2n) is 8.09. The van der Waals surface area contributed by atoms with Gasteiger partial charge in [0.05, 0.1) is 30.7 Å². The summed E-state index contributed by atoms with van der Waals surface area (Å²) in [6.07, 6.45) is 3.96. The third-order valence-electron chi connectivity index (χ3n) is 5.49. The highest BCUT2D eigenvalue weighted by Gasteiger charge is 2.27. The van der Waals surface area contributed by atoms with Gasteiger partial charge in [-0.3, -0.25) is 0 Å². The fourth-order valence-corrected chi connectivity index (χ4v) is 5.43. The van der Waals surface area contributed by atoms with E-state index in [1.54, 1.807) is 6.20 Å². The standard InChI is InChI=1S/C24H28N4O2S2/c1-2-27(23(31)26-21-13-14-21)17-22-15-25-24(28(22)16-19-9-5-3-6-10-19)32(29,30)18-20-11-7-4-8-12-20/h3-12,15,21H,2,13-14,16-18H2,1H3,(H,26,31). The van der Waals surface area contributed by atoms with Gasteiger partial charge >= 0.3 is 0 Å². The molecule has 32 heavy (non-hydrogen) atoms. The number of nitrogens with one attached hydrogen (secondary N) is 1. The molecule has 0 atom stereocenters. The summed E-state index contributed by atoms with van der Waals surface area (Å²) < 4.78 is 28.5. The van der Waals surface area contributed by atoms with Crippen molar-refractivity contribution in [1.82, 2.24) is 19.8 Å². The quantitative estimate of drug-likeness (QED) is 0.482. The highest BCUT2D eigenvalue weighted by Crippen LogP contribution is 2.22. The van der Waals surface area contributed by atoms with E-state index in [9.17, 15) is 8.42 Å². The van der Waals surface area contributed by atoms with Gasteiger partial charge in [0.2, 0.25) is 15.0 Å². The summed E-state index contributed by atoms with van der Waals surface area (Å²) in [4.78, 5) is 6.44. The molecule has 6 nitrogen and oxygen atoms in total. The number of imidazole rings is 1. The zero-order valence-electron chi connectivity index (χ0n) is 18.1. The van der Waals surface area contributed by atoms with Gasteiger partial charge in [0.25, 0.3) is 0 Å². The lowest BCUT2D eigenvalue weighted by atomic mass is 10.2. The van der Waals surface area contributed by atoms with Crippen molar-refractivity contribution in [3.05, 3.63) is 83.7 Å². The second-order valence-corrected chi connectivity index (χ2v) is 10.4. The summed E-state index contributed by atoms with van der Waals surface area (Å²) in [5.74, 6) is -0.0851. The van der Waals surface area contributed by atoms with Crippen molar-refractivity contribution in [2.45, 2.75) is 49.8 Å². The van der Waals surface area contributed by atoms with Crippen molar-refractivity contribution < 1.29 is 8.42 Å². The molecule has 1 aliphatic rings.